The number of rotatable bonds is 6. The molecule has 4 nitrogen and oxygen atoms in total. The van der Waals surface area contributed by atoms with Crippen LogP contribution in [0.5, 0.6) is 0 Å². The minimum absolute atomic E-state index is 0.0201. The van der Waals surface area contributed by atoms with Crippen molar-refractivity contribution >= 4 is 11.9 Å². The number of hydrogen-bond donors (Lipinski definition) is 0. The molecule has 0 aliphatic carbocycles. The minimum Gasteiger partial charge on any atom is -0.441 e. The third-order valence-corrected chi connectivity index (χ3v) is 2.82. The number of ether oxygens (including phenoxy) is 1. The predicted octanol–water partition coefficient (Wildman–Crippen LogP) is 2.86. The van der Waals surface area contributed by atoms with E-state index in [1.54, 1.807) is 4.90 Å². The fourth-order valence-electron chi connectivity index (χ4n) is 1.60. The van der Waals surface area contributed by atoms with Crippen LogP contribution in [0.1, 0.15) is 48.0 Å². The first-order chi connectivity index (χ1) is 7.81. The Kier molecular flexibility index (Phi) is 6.85. The molecule has 100 valence electrons. The lowest BCUT2D eigenvalue weighted by atomic mass is 10.1. The molecule has 0 fully saturated rings. The molecule has 0 heterocycles. The third-order valence-electron chi connectivity index (χ3n) is 2.82. The monoisotopic (exact) mass is 243 g/mol. The molecule has 0 saturated carbocycles. The van der Waals surface area contributed by atoms with Gasteiger partial charge in [-0.3, -0.25) is 4.79 Å². The maximum atomic E-state index is 11.8. The minimum atomic E-state index is -0.411. The highest BCUT2D eigenvalue weighted by Gasteiger charge is 2.22. The van der Waals surface area contributed by atoms with Gasteiger partial charge in [0, 0.05) is 18.0 Å². The van der Waals surface area contributed by atoms with Crippen molar-refractivity contribution in [1.29, 1.82) is 0 Å². The fourth-order valence-corrected chi connectivity index (χ4v) is 1.60. The van der Waals surface area contributed by atoms with Gasteiger partial charge in [0.1, 0.15) is 0 Å². The van der Waals surface area contributed by atoms with Crippen LogP contribution in [0.2, 0.25) is 0 Å². The summed E-state index contributed by atoms with van der Waals surface area (Å²) in [6, 6.07) is 0.141. The topological polar surface area (TPSA) is 46.6 Å². The van der Waals surface area contributed by atoms with Gasteiger partial charge >= 0.3 is 6.09 Å². The van der Waals surface area contributed by atoms with Gasteiger partial charge < -0.3 is 9.64 Å². The molecule has 17 heavy (non-hydrogen) atoms. The van der Waals surface area contributed by atoms with Crippen molar-refractivity contribution in [2.24, 2.45) is 5.92 Å². The average molecular weight is 243 g/mol. The van der Waals surface area contributed by atoms with E-state index in [1.807, 2.05) is 41.5 Å². The first-order valence-electron chi connectivity index (χ1n) is 6.29. The molecule has 1 atom stereocenters. The third kappa shape index (κ3) is 5.20. The Morgan fingerprint density at radius 3 is 1.88 bits per heavy atom. The van der Waals surface area contributed by atoms with E-state index in [-0.39, 0.29) is 30.4 Å². The summed E-state index contributed by atoms with van der Waals surface area (Å²) < 4.78 is 5.05. The molecule has 0 saturated heterocycles. The second kappa shape index (κ2) is 7.30. The van der Waals surface area contributed by atoms with Crippen molar-refractivity contribution in [3.8, 4) is 0 Å². The van der Waals surface area contributed by atoms with E-state index in [9.17, 15) is 9.59 Å². The summed E-state index contributed by atoms with van der Waals surface area (Å²) in [6.45, 7) is 11.4. The summed E-state index contributed by atoms with van der Waals surface area (Å²) in [5.74, 6) is -0.0670. The molecule has 1 amide bonds. The lowest BCUT2D eigenvalue weighted by Gasteiger charge is -2.29. The first kappa shape index (κ1) is 15.9. The van der Waals surface area contributed by atoms with Crippen LogP contribution in [0.25, 0.3) is 0 Å². The van der Waals surface area contributed by atoms with Crippen LogP contribution in [0, 0.1) is 5.92 Å². The van der Waals surface area contributed by atoms with Crippen molar-refractivity contribution < 1.29 is 14.3 Å². The van der Waals surface area contributed by atoms with Gasteiger partial charge in [0.25, 0.3) is 0 Å². The highest BCUT2D eigenvalue weighted by molar-refractivity contribution is 5.83. The standard InChI is InChI=1S/C13H25NO3/c1-7-11(6)12(15)8-17-13(16)14(9(2)3)10(4)5/h9-11H,7-8H2,1-6H3. The lowest BCUT2D eigenvalue weighted by molar-refractivity contribution is -0.125. The zero-order valence-corrected chi connectivity index (χ0v) is 11.8. The summed E-state index contributed by atoms with van der Waals surface area (Å²) in [5, 5.41) is 0. The molecular formula is C13H25NO3. The molecule has 0 aromatic rings. The van der Waals surface area contributed by atoms with E-state index >= 15 is 0 Å². The molecule has 0 bridgehead atoms. The molecule has 0 radical (unpaired) electrons. The summed E-state index contributed by atoms with van der Waals surface area (Å²) in [7, 11) is 0. The number of amides is 1. The van der Waals surface area contributed by atoms with E-state index in [1.165, 1.54) is 0 Å². The van der Waals surface area contributed by atoms with Gasteiger partial charge in [-0.2, -0.15) is 0 Å². The van der Waals surface area contributed by atoms with Crippen molar-refractivity contribution in [1.82, 2.24) is 4.90 Å². The van der Waals surface area contributed by atoms with Crippen LogP contribution in [0.4, 0.5) is 4.79 Å². The van der Waals surface area contributed by atoms with Gasteiger partial charge in [-0.1, -0.05) is 13.8 Å². The number of ketones is 1. The molecule has 4 heteroatoms. The highest BCUT2D eigenvalue weighted by atomic mass is 16.6. The quantitative estimate of drug-likeness (QED) is 0.720. The van der Waals surface area contributed by atoms with E-state index in [4.69, 9.17) is 4.74 Å². The number of nitrogens with zero attached hydrogens (tertiary/aromatic N) is 1. The van der Waals surface area contributed by atoms with Crippen LogP contribution >= 0.6 is 0 Å². The average Bonchev–Trinajstić information content (AvgIpc) is 2.23. The Labute approximate surface area is 104 Å². The largest absolute Gasteiger partial charge is 0.441 e. The van der Waals surface area contributed by atoms with Crippen molar-refractivity contribution in [2.75, 3.05) is 6.61 Å². The van der Waals surface area contributed by atoms with Gasteiger partial charge in [0.05, 0.1) is 0 Å². The Morgan fingerprint density at radius 1 is 1.06 bits per heavy atom. The Bertz CT molecular complexity index is 253. The van der Waals surface area contributed by atoms with Gasteiger partial charge in [0.15, 0.2) is 12.4 Å². The SMILES string of the molecule is CCC(C)C(=O)COC(=O)N(C(C)C)C(C)C. The number of carbonyl (C=O) groups is 2. The van der Waals surface area contributed by atoms with Crippen LogP contribution in [0.15, 0.2) is 0 Å². The van der Waals surface area contributed by atoms with Gasteiger partial charge in [0.2, 0.25) is 0 Å². The van der Waals surface area contributed by atoms with Crippen LogP contribution in [-0.4, -0.2) is 35.5 Å². The normalized spacial score (nSPS) is 12.7. The maximum Gasteiger partial charge on any atom is 0.410 e. The molecular weight excluding hydrogens is 218 g/mol. The predicted molar refractivity (Wildman–Crippen MR) is 67.9 cm³/mol. The number of carbonyl (C=O) groups excluding carboxylic acids is 2. The highest BCUT2D eigenvalue weighted by Crippen LogP contribution is 2.08. The van der Waals surface area contributed by atoms with E-state index in [0.29, 0.717) is 0 Å². The first-order valence-corrected chi connectivity index (χ1v) is 6.29. The lowest BCUT2D eigenvalue weighted by Crippen LogP contribution is -2.43. The number of hydrogen-bond acceptors (Lipinski definition) is 3. The smallest absolute Gasteiger partial charge is 0.410 e. The summed E-state index contributed by atoms with van der Waals surface area (Å²) in [6.07, 6.45) is 0.362. The van der Waals surface area contributed by atoms with Crippen LogP contribution in [-0.2, 0) is 9.53 Å². The molecule has 0 spiro atoms. The van der Waals surface area contributed by atoms with Crippen molar-refractivity contribution in [3.63, 3.8) is 0 Å². The zero-order valence-electron chi connectivity index (χ0n) is 11.8. The Balaban J connectivity index is 4.29. The molecule has 0 N–H and O–H groups in total. The Hall–Kier alpha value is -1.06. The van der Waals surface area contributed by atoms with E-state index in [0.717, 1.165) is 6.42 Å². The molecule has 0 rings (SSSR count). The van der Waals surface area contributed by atoms with Crippen LogP contribution in [0.3, 0.4) is 0 Å². The molecule has 0 aliphatic heterocycles. The van der Waals surface area contributed by atoms with Crippen molar-refractivity contribution in [3.05, 3.63) is 0 Å². The Morgan fingerprint density at radius 2 is 1.53 bits per heavy atom. The molecule has 0 aromatic heterocycles. The van der Waals surface area contributed by atoms with Crippen LogP contribution < -0.4 is 0 Å². The second-order valence-corrected chi connectivity index (χ2v) is 4.92. The van der Waals surface area contributed by atoms with Gasteiger partial charge in [-0.15, -0.1) is 0 Å². The fraction of sp³-hybridized carbons (Fsp3) is 0.846. The van der Waals surface area contributed by atoms with E-state index < -0.39 is 6.09 Å². The van der Waals surface area contributed by atoms with E-state index in [2.05, 4.69) is 0 Å². The van der Waals surface area contributed by atoms with Gasteiger partial charge in [-0.25, -0.2) is 4.79 Å². The summed E-state index contributed by atoms with van der Waals surface area (Å²) >= 11 is 0. The summed E-state index contributed by atoms with van der Waals surface area (Å²) in [5.41, 5.74) is 0. The zero-order chi connectivity index (χ0) is 13.6. The van der Waals surface area contributed by atoms with Crippen molar-refractivity contribution in [2.45, 2.75) is 60.0 Å². The second-order valence-electron chi connectivity index (χ2n) is 4.92. The molecule has 0 aromatic carbocycles. The van der Waals surface area contributed by atoms with Gasteiger partial charge in [-0.05, 0) is 34.1 Å². The molecule has 0 aliphatic rings. The molecule has 1 unspecified atom stereocenters. The maximum absolute atomic E-state index is 11.8. The summed E-state index contributed by atoms with van der Waals surface area (Å²) in [4.78, 5) is 25.0. The number of Topliss-reactive ketones (excluding diaryl/α,β-unsaturated/α-hetero) is 1.